The lowest BCUT2D eigenvalue weighted by Gasteiger charge is -2.39. The summed E-state index contributed by atoms with van der Waals surface area (Å²) in [5.41, 5.74) is 0. The average Bonchev–Trinajstić information content (AvgIpc) is 2.62. The van der Waals surface area contributed by atoms with Gasteiger partial charge in [-0.2, -0.15) is 0 Å². The number of hydrogen-bond acceptors (Lipinski definition) is 2. The topological polar surface area (TPSA) is 24.1 Å². The van der Waals surface area contributed by atoms with Crippen LogP contribution in [0.5, 0.6) is 0 Å². The normalized spacial score (nSPS) is 14.5. The summed E-state index contributed by atoms with van der Waals surface area (Å²) in [4.78, 5) is 0. The minimum Gasteiger partial charge on any atom is -1.00 e. The summed E-state index contributed by atoms with van der Waals surface area (Å²) in [6.07, 6.45) is 11.1. The molecule has 1 aliphatic heterocycles. The molecule has 3 nitrogen and oxygen atoms in total. The van der Waals surface area contributed by atoms with Crippen LogP contribution in [0.2, 0.25) is 0 Å². The van der Waals surface area contributed by atoms with Crippen LogP contribution in [0, 0.1) is 0 Å². The van der Waals surface area contributed by atoms with Crippen molar-refractivity contribution in [3.63, 3.8) is 0 Å². The van der Waals surface area contributed by atoms with E-state index in [4.69, 9.17) is 0 Å². The molecule has 1 saturated heterocycles. The molecule has 1 heterocycles. The number of nitrogens with zero attached hydrogens (tertiary/aromatic N) is 1. The van der Waals surface area contributed by atoms with Gasteiger partial charge < -0.3 is 27.5 Å². The molecule has 0 aromatic heterocycles. The van der Waals surface area contributed by atoms with E-state index >= 15 is 0 Å². The molecule has 1 rings (SSSR count). The molecule has 0 aliphatic carbocycles. The Bertz CT molecular complexity index is 184. The van der Waals surface area contributed by atoms with Gasteiger partial charge in [-0.05, 0) is 25.7 Å². The van der Waals surface area contributed by atoms with E-state index < -0.39 is 0 Å². The summed E-state index contributed by atoms with van der Waals surface area (Å²) in [5, 5.41) is 6.44. The lowest BCUT2D eigenvalue weighted by Crippen LogP contribution is -3.00. The molecule has 1 fully saturated rings. The maximum absolute atomic E-state index is 3.22. The van der Waals surface area contributed by atoms with Crippen molar-refractivity contribution < 1.29 is 16.9 Å². The Kier molecular flexibility index (Phi) is 21.4. The fraction of sp³-hybridized carbons (Fsp3) is 1.00. The first kappa shape index (κ1) is 26.4. The van der Waals surface area contributed by atoms with Gasteiger partial charge in [-0.1, -0.05) is 53.4 Å². The Labute approximate surface area is 159 Å². The molecule has 0 spiro atoms. The van der Waals surface area contributed by atoms with E-state index in [0.29, 0.717) is 0 Å². The SMILES string of the molecule is C1CNCCN1.CCCC[N+](CCCC)(CCCC)CCCC.[Cl-]. The molecule has 0 amide bonds. The monoisotopic (exact) mass is 363 g/mol. The molecule has 0 aromatic rings. The molecular formula is C20H46ClN3. The Morgan fingerprint density at radius 1 is 0.542 bits per heavy atom. The van der Waals surface area contributed by atoms with Gasteiger partial charge in [0.05, 0.1) is 26.2 Å². The third-order valence-corrected chi connectivity index (χ3v) is 4.90. The highest BCUT2D eigenvalue weighted by atomic mass is 35.5. The van der Waals surface area contributed by atoms with E-state index in [-0.39, 0.29) is 12.4 Å². The van der Waals surface area contributed by atoms with Crippen LogP contribution in [0.1, 0.15) is 79.1 Å². The minimum atomic E-state index is 0. The van der Waals surface area contributed by atoms with Gasteiger partial charge in [0.25, 0.3) is 0 Å². The lowest BCUT2D eigenvalue weighted by atomic mass is 10.1. The first-order valence-corrected chi connectivity index (χ1v) is 10.5. The van der Waals surface area contributed by atoms with Gasteiger partial charge in [-0.3, -0.25) is 0 Å². The summed E-state index contributed by atoms with van der Waals surface area (Å²) in [6.45, 7) is 19.6. The Hall–Kier alpha value is 0.170. The fourth-order valence-corrected chi connectivity index (χ4v) is 3.25. The number of halogens is 1. The summed E-state index contributed by atoms with van der Waals surface area (Å²) in [7, 11) is 0. The van der Waals surface area contributed by atoms with Crippen molar-refractivity contribution in [2.45, 2.75) is 79.1 Å². The van der Waals surface area contributed by atoms with E-state index in [1.54, 1.807) is 0 Å². The molecule has 148 valence electrons. The summed E-state index contributed by atoms with van der Waals surface area (Å²) in [5.74, 6) is 0. The van der Waals surface area contributed by atoms with E-state index in [1.807, 2.05) is 0 Å². The van der Waals surface area contributed by atoms with Crippen molar-refractivity contribution in [2.24, 2.45) is 0 Å². The predicted molar refractivity (Wildman–Crippen MR) is 105 cm³/mol. The number of piperazine rings is 1. The standard InChI is InChI=1S/C16H36N.C4H10N2.ClH/c1-5-9-13-17(14-10-6-2,15-11-7-3)16-12-8-4;1-2-6-4-3-5-1;/h5-16H2,1-4H3;5-6H,1-4H2;1H/q+1;;/p-1. The van der Waals surface area contributed by atoms with Crippen molar-refractivity contribution in [2.75, 3.05) is 52.4 Å². The number of hydrogen-bond donors (Lipinski definition) is 2. The molecule has 24 heavy (non-hydrogen) atoms. The highest BCUT2D eigenvalue weighted by Crippen LogP contribution is 2.16. The highest BCUT2D eigenvalue weighted by molar-refractivity contribution is 4.59. The second-order valence-electron chi connectivity index (χ2n) is 7.15. The van der Waals surface area contributed by atoms with E-state index in [9.17, 15) is 0 Å². The maximum Gasteiger partial charge on any atom is 0.0786 e. The van der Waals surface area contributed by atoms with Gasteiger partial charge in [0, 0.05) is 26.2 Å². The Morgan fingerprint density at radius 2 is 0.792 bits per heavy atom. The van der Waals surface area contributed by atoms with Crippen LogP contribution >= 0.6 is 0 Å². The van der Waals surface area contributed by atoms with Crippen molar-refractivity contribution in [3.05, 3.63) is 0 Å². The fourth-order valence-electron chi connectivity index (χ4n) is 3.25. The molecule has 0 bridgehead atoms. The first-order valence-electron chi connectivity index (χ1n) is 10.5. The van der Waals surface area contributed by atoms with Crippen LogP contribution < -0.4 is 23.0 Å². The summed E-state index contributed by atoms with van der Waals surface area (Å²) < 4.78 is 1.42. The first-order chi connectivity index (χ1) is 11.2. The van der Waals surface area contributed by atoms with Crippen LogP contribution in [0.15, 0.2) is 0 Å². The zero-order valence-electron chi connectivity index (χ0n) is 17.1. The zero-order chi connectivity index (χ0) is 17.2. The predicted octanol–water partition coefficient (Wildman–Crippen LogP) is 1.19. The molecule has 0 saturated carbocycles. The average molecular weight is 364 g/mol. The van der Waals surface area contributed by atoms with Crippen molar-refractivity contribution in [3.8, 4) is 0 Å². The van der Waals surface area contributed by atoms with Gasteiger partial charge in [0.2, 0.25) is 0 Å². The summed E-state index contributed by atoms with van der Waals surface area (Å²) in [6, 6.07) is 0. The zero-order valence-corrected chi connectivity index (χ0v) is 17.9. The van der Waals surface area contributed by atoms with Crippen LogP contribution in [-0.4, -0.2) is 56.8 Å². The van der Waals surface area contributed by atoms with E-state index in [1.165, 1.54) is 82.0 Å². The molecule has 0 unspecified atom stereocenters. The van der Waals surface area contributed by atoms with Gasteiger partial charge in [0.1, 0.15) is 0 Å². The van der Waals surface area contributed by atoms with Gasteiger partial charge in [-0.25, -0.2) is 0 Å². The third-order valence-electron chi connectivity index (χ3n) is 4.90. The molecule has 0 radical (unpaired) electrons. The molecule has 2 N–H and O–H groups in total. The smallest absolute Gasteiger partial charge is 0.0786 e. The summed E-state index contributed by atoms with van der Waals surface area (Å²) >= 11 is 0. The van der Waals surface area contributed by atoms with E-state index in [2.05, 4.69) is 38.3 Å². The second kappa shape index (κ2) is 19.5. The van der Waals surface area contributed by atoms with Gasteiger partial charge in [0.15, 0.2) is 0 Å². The van der Waals surface area contributed by atoms with Gasteiger partial charge >= 0.3 is 0 Å². The lowest BCUT2D eigenvalue weighted by molar-refractivity contribution is -0.929. The quantitative estimate of drug-likeness (QED) is 0.509. The minimum absolute atomic E-state index is 0. The molecule has 0 atom stereocenters. The number of nitrogens with one attached hydrogen (secondary N) is 2. The van der Waals surface area contributed by atoms with E-state index in [0.717, 1.165) is 26.2 Å². The number of rotatable bonds is 12. The second-order valence-corrected chi connectivity index (χ2v) is 7.15. The molecule has 1 aliphatic rings. The highest BCUT2D eigenvalue weighted by Gasteiger charge is 2.24. The molecule has 4 heteroatoms. The largest absolute Gasteiger partial charge is 1.00 e. The third kappa shape index (κ3) is 14.5. The number of unbranched alkanes of at least 4 members (excludes halogenated alkanes) is 4. The van der Waals surface area contributed by atoms with Crippen molar-refractivity contribution >= 4 is 0 Å². The van der Waals surface area contributed by atoms with Crippen molar-refractivity contribution in [1.82, 2.24) is 10.6 Å². The maximum atomic E-state index is 3.22. The van der Waals surface area contributed by atoms with Gasteiger partial charge in [-0.15, -0.1) is 0 Å². The molecule has 0 aromatic carbocycles. The van der Waals surface area contributed by atoms with Crippen LogP contribution in [0.25, 0.3) is 0 Å². The number of quaternary nitrogens is 1. The van der Waals surface area contributed by atoms with Crippen LogP contribution in [0.3, 0.4) is 0 Å². The molecular weight excluding hydrogens is 318 g/mol. The van der Waals surface area contributed by atoms with Crippen LogP contribution in [-0.2, 0) is 0 Å². The Morgan fingerprint density at radius 3 is 0.958 bits per heavy atom. The van der Waals surface area contributed by atoms with Crippen molar-refractivity contribution in [1.29, 1.82) is 0 Å². The van der Waals surface area contributed by atoms with Crippen LogP contribution in [0.4, 0.5) is 0 Å². The Balaban J connectivity index is 0.